The lowest BCUT2D eigenvalue weighted by Gasteiger charge is -2.08. The van der Waals surface area contributed by atoms with E-state index in [0.29, 0.717) is 10.7 Å². The van der Waals surface area contributed by atoms with Crippen molar-refractivity contribution in [2.24, 2.45) is 0 Å². The third kappa shape index (κ3) is 3.55. The van der Waals surface area contributed by atoms with E-state index in [1.54, 1.807) is 24.4 Å². The highest BCUT2D eigenvalue weighted by Gasteiger charge is 2.13. The van der Waals surface area contributed by atoms with Crippen LogP contribution in [0.5, 0.6) is 0 Å². The number of anilines is 1. The molecule has 102 valence electrons. The van der Waals surface area contributed by atoms with Crippen LogP contribution in [0.2, 0.25) is 5.02 Å². The summed E-state index contributed by atoms with van der Waals surface area (Å²) in [5, 5.41) is 11.9. The number of hydrogen-bond acceptors (Lipinski definition) is 3. The molecule has 0 fully saturated rings. The Morgan fingerprint density at radius 2 is 2.05 bits per heavy atom. The molecule has 2 rings (SSSR count). The maximum atomic E-state index is 11.9. The van der Waals surface area contributed by atoms with Crippen LogP contribution < -0.4 is 5.32 Å². The molecule has 2 aromatic rings. The lowest BCUT2D eigenvalue weighted by atomic mass is 10.1. The minimum absolute atomic E-state index is 0.0104. The summed E-state index contributed by atoms with van der Waals surface area (Å²) in [6.45, 7) is 0. The largest absolute Gasteiger partial charge is 0.478 e. The topological polar surface area (TPSA) is 79.3 Å². The van der Waals surface area contributed by atoms with Crippen LogP contribution in [0.15, 0.2) is 42.6 Å². The second-order valence-electron chi connectivity index (χ2n) is 4.04. The first kappa shape index (κ1) is 14.0. The van der Waals surface area contributed by atoms with E-state index in [2.05, 4.69) is 10.3 Å². The van der Waals surface area contributed by atoms with Gasteiger partial charge >= 0.3 is 5.97 Å². The second kappa shape index (κ2) is 6.16. The first-order chi connectivity index (χ1) is 9.56. The smallest absolute Gasteiger partial charge is 0.337 e. The Labute approximate surface area is 120 Å². The zero-order chi connectivity index (χ0) is 14.5. The van der Waals surface area contributed by atoms with E-state index in [4.69, 9.17) is 16.7 Å². The maximum absolute atomic E-state index is 11.9. The zero-order valence-corrected chi connectivity index (χ0v) is 11.1. The van der Waals surface area contributed by atoms with Crippen LogP contribution in [0.25, 0.3) is 0 Å². The molecule has 0 aliphatic heterocycles. The van der Waals surface area contributed by atoms with Gasteiger partial charge in [0.15, 0.2) is 0 Å². The Morgan fingerprint density at radius 3 is 2.70 bits per heavy atom. The third-order valence-corrected chi connectivity index (χ3v) is 2.79. The Bertz CT molecular complexity index is 644. The van der Waals surface area contributed by atoms with Gasteiger partial charge in [-0.2, -0.15) is 0 Å². The molecular formula is C14H11ClN2O3. The quantitative estimate of drug-likeness (QED) is 0.907. The van der Waals surface area contributed by atoms with Crippen LogP contribution in [0.3, 0.4) is 0 Å². The molecule has 1 aromatic heterocycles. The first-order valence-electron chi connectivity index (χ1n) is 5.79. The predicted molar refractivity (Wildman–Crippen MR) is 75.0 cm³/mol. The number of carboxylic acid groups (broad SMARTS) is 1. The summed E-state index contributed by atoms with van der Waals surface area (Å²) in [5.41, 5.74) is 0.763. The molecule has 1 amide bonds. The van der Waals surface area contributed by atoms with Gasteiger partial charge in [-0.15, -0.1) is 0 Å². The van der Waals surface area contributed by atoms with Crippen LogP contribution in [-0.2, 0) is 11.2 Å². The van der Waals surface area contributed by atoms with Crippen LogP contribution in [0, 0.1) is 0 Å². The molecular weight excluding hydrogens is 280 g/mol. The minimum atomic E-state index is -1.13. The number of rotatable bonds is 4. The van der Waals surface area contributed by atoms with Gasteiger partial charge in [-0.25, -0.2) is 4.79 Å². The number of aromatic carboxylic acids is 1. The van der Waals surface area contributed by atoms with Gasteiger partial charge < -0.3 is 10.4 Å². The summed E-state index contributed by atoms with van der Waals surface area (Å²) >= 11 is 5.81. The van der Waals surface area contributed by atoms with E-state index in [9.17, 15) is 9.59 Å². The van der Waals surface area contributed by atoms with E-state index in [-0.39, 0.29) is 23.6 Å². The molecule has 1 heterocycles. The van der Waals surface area contributed by atoms with Gasteiger partial charge in [0.2, 0.25) is 5.91 Å². The monoisotopic (exact) mass is 290 g/mol. The number of hydrogen-bond donors (Lipinski definition) is 2. The molecule has 2 N–H and O–H groups in total. The van der Waals surface area contributed by atoms with E-state index in [0.717, 1.165) is 0 Å². The van der Waals surface area contributed by atoms with Gasteiger partial charge in [-0.3, -0.25) is 9.78 Å². The highest BCUT2D eigenvalue weighted by molar-refractivity contribution is 6.31. The molecule has 1 aromatic carbocycles. The number of carboxylic acids is 1. The van der Waals surface area contributed by atoms with Crippen molar-refractivity contribution in [1.82, 2.24) is 4.98 Å². The van der Waals surface area contributed by atoms with Gasteiger partial charge in [-0.1, -0.05) is 17.7 Å². The Kier molecular flexibility index (Phi) is 4.32. The number of amides is 1. The Balaban J connectivity index is 2.15. The van der Waals surface area contributed by atoms with Gasteiger partial charge in [0.05, 0.1) is 17.7 Å². The summed E-state index contributed by atoms with van der Waals surface area (Å²) in [6.07, 6.45) is 1.65. The average Bonchev–Trinajstić information content (AvgIpc) is 2.39. The number of nitrogens with zero attached hydrogens (tertiary/aromatic N) is 1. The number of pyridine rings is 1. The molecule has 0 spiro atoms. The number of nitrogens with one attached hydrogen (secondary N) is 1. The van der Waals surface area contributed by atoms with Crippen molar-refractivity contribution in [2.75, 3.05) is 5.32 Å². The van der Waals surface area contributed by atoms with Crippen LogP contribution in [-0.4, -0.2) is 22.0 Å². The van der Waals surface area contributed by atoms with Crippen LogP contribution in [0.4, 0.5) is 5.69 Å². The molecule has 0 saturated heterocycles. The molecule has 20 heavy (non-hydrogen) atoms. The average molecular weight is 291 g/mol. The molecule has 0 atom stereocenters. The van der Waals surface area contributed by atoms with Crippen LogP contribution >= 0.6 is 11.6 Å². The fourth-order valence-corrected chi connectivity index (χ4v) is 1.84. The van der Waals surface area contributed by atoms with Crippen molar-refractivity contribution < 1.29 is 14.7 Å². The highest BCUT2D eigenvalue weighted by atomic mass is 35.5. The minimum Gasteiger partial charge on any atom is -0.478 e. The molecule has 0 aliphatic rings. The highest BCUT2D eigenvalue weighted by Crippen LogP contribution is 2.21. The SMILES string of the molecule is O=C(Cc1ccccn1)Nc1cc(Cl)ccc1C(=O)O. The molecule has 0 aliphatic carbocycles. The van der Waals surface area contributed by atoms with E-state index in [1.807, 2.05) is 0 Å². The number of halogens is 1. The summed E-state index contributed by atoms with van der Waals surface area (Å²) in [6, 6.07) is 9.45. The molecule has 0 saturated carbocycles. The summed E-state index contributed by atoms with van der Waals surface area (Å²) in [4.78, 5) is 27.0. The normalized spacial score (nSPS) is 10.1. The lowest BCUT2D eigenvalue weighted by Crippen LogP contribution is -2.17. The van der Waals surface area contributed by atoms with Gasteiger partial charge in [-0.05, 0) is 30.3 Å². The van der Waals surface area contributed by atoms with Crippen LogP contribution in [0.1, 0.15) is 16.1 Å². The molecule has 0 radical (unpaired) electrons. The van der Waals surface area contributed by atoms with Crippen molar-refractivity contribution in [3.63, 3.8) is 0 Å². The third-order valence-electron chi connectivity index (χ3n) is 2.55. The van der Waals surface area contributed by atoms with Gasteiger partial charge in [0, 0.05) is 16.9 Å². The predicted octanol–water partition coefficient (Wildman–Crippen LogP) is 2.61. The Hall–Kier alpha value is -2.40. The summed E-state index contributed by atoms with van der Waals surface area (Å²) in [7, 11) is 0. The fraction of sp³-hybridized carbons (Fsp3) is 0.0714. The number of carbonyl (C=O) groups excluding carboxylic acids is 1. The fourth-order valence-electron chi connectivity index (χ4n) is 1.67. The molecule has 5 nitrogen and oxygen atoms in total. The van der Waals surface area contributed by atoms with E-state index < -0.39 is 5.97 Å². The number of aromatic nitrogens is 1. The Morgan fingerprint density at radius 1 is 1.25 bits per heavy atom. The summed E-state index contributed by atoms with van der Waals surface area (Å²) < 4.78 is 0. The number of carbonyl (C=O) groups is 2. The summed E-state index contributed by atoms with van der Waals surface area (Å²) in [5.74, 6) is -1.48. The van der Waals surface area contributed by atoms with Gasteiger partial charge in [0.25, 0.3) is 0 Å². The molecule has 0 bridgehead atoms. The molecule has 6 heteroatoms. The van der Waals surface area contributed by atoms with E-state index in [1.165, 1.54) is 18.2 Å². The van der Waals surface area contributed by atoms with E-state index >= 15 is 0 Å². The van der Waals surface area contributed by atoms with Gasteiger partial charge in [0.1, 0.15) is 0 Å². The standard InChI is InChI=1S/C14H11ClN2O3/c15-9-4-5-11(14(19)20)12(7-9)17-13(18)8-10-3-1-2-6-16-10/h1-7H,8H2,(H,17,18)(H,19,20). The van der Waals surface area contributed by atoms with Crippen molar-refractivity contribution in [3.05, 3.63) is 58.9 Å². The number of benzene rings is 1. The van der Waals surface area contributed by atoms with Crippen molar-refractivity contribution >= 4 is 29.2 Å². The first-order valence-corrected chi connectivity index (χ1v) is 6.16. The van der Waals surface area contributed by atoms with Crippen molar-refractivity contribution in [3.8, 4) is 0 Å². The second-order valence-corrected chi connectivity index (χ2v) is 4.48. The lowest BCUT2D eigenvalue weighted by molar-refractivity contribution is -0.115. The maximum Gasteiger partial charge on any atom is 0.337 e. The van der Waals surface area contributed by atoms with Crippen molar-refractivity contribution in [2.45, 2.75) is 6.42 Å². The zero-order valence-electron chi connectivity index (χ0n) is 10.3. The molecule has 0 unspecified atom stereocenters. The van der Waals surface area contributed by atoms with Crippen molar-refractivity contribution in [1.29, 1.82) is 0 Å².